The van der Waals surface area contributed by atoms with Gasteiger partial charge in [0.05, 0.1) is 0 Å². The molecule has 2 N–H and O–H groups in total. The largest absolute Gasteiger partial charge is 0.358 e. The second kappa shape index (κ2) is 4.92. The van der Waals surface area contributed by atoms with Crippen LogP contribution >= 0.6 is 12.2 Å². The number of fused-ring (bicyclic) bond motifs is 2. The van der Waals surface area contributed by atoms with Gasteiger partial charge in [0.15, 0.2) is 5.11 Å². The molecule has 0 aromatic heterocycles. The molecule has 0 amide bonds. The van der Waals surface area contributed by atoms with Crippen LogP contribution in [0.4, 0.5) is 0 Å². The molecule has 4 heteroatoms. The highest BCUT2D eigenvalue weighted by Gasteiger charge is 2.39. The van der Waals surface area contributed by atoms with Gasteiger partial charge in [-0.2, -0.15) is 5.10 Å². The van der Waals surface area contributed by atoms with E-state index in [1.807, 2.05) is 0 Å². The van der Waals surface area contributed by atoms with Crippen LogP contribution in [0.2, 0.25) is 0 Å². The Kier molecular flexibility index (Phi) is 3.32. The van der Waals surface area contributed by atoms with Crippen LogP contribution in [0.25, 0.3) is 0 Å². The van der Waals surface area contributed by atoms with Crippen molar-refractivity contribution in [3.8, 4) is 0 Å². The van der Waals surface area contributed by atoms with Gasteiger partial charge in [0.2, 0.25) is 0 Å². The van der Waals surface area contributed by atoms with E-state index in [0.717, 1.165) is 29.8 Å². The average molecular weight is 251 g/mol. The minimum Gasteiger partial charge on any atom is -0.358 e. The van der Waals surface area contributed by atoms with Gasteiger partial charge in [0.1, 0.15) is 0 Å². The zero-order chi connectivity index (χ0) is 11.7. The Morgan fingerprint density at radius 1 is 1.18 bits per heavy atom. The van der Waals surface area contributed by atoms with Crippen molar-refractivity contribution >= 4 is 23.0 Å². The molecule has 94 valence electrons. The average Bonchev–Trinajstić information content (AvgIpc) is 3.03. The fourth-order valence-electron chi connectivity index (χ4n) is 3.65. The molecule has 0 heterocycles. The number of rotatable bonds is 2. The van der Waals surface area contributed by atoms with E-state index in [1.54, 1.807) is 0 Å². The lowest BCUT2D eigenvalue weighted by atomic mass is 9.96. The van der Waals surface area contributed by atoms with Crippen molar-refractivity contribution in [1.29, 1.82) is 0 Å². The molecule has 0 saturated heterocycles. The van der Waals surface area contributed by atoms with E-state index >= 15 is 0 Å². The Labute approximate surface area is 108 Å². The van der Waals surface area contributed by atoms with Gasteiger partial charge in [-0.05, 0) is 69.0 Å². The molecule has 3 aliphatic rings. The molecule has 3 fully saturated rings. The standard InChI is InChI=1S/C13H21N3S/c17-13(16-15-11-3-1-2-4-11)14-12-8-9-5-6-10(12)7-9/h9-10,12H,1-8H2,(H2,14,16,17)/t9-,10+,12+/m0/s1. The van der Waals surface area contributed by atoms with Crippen LogP contribution in [-0.2, 0) is 0 Å². The van der Waals surface area contributed by atoms with E-state index in [4.69, 9.17) is 12.2 Å². The molecule has 3 aliphatic carbocycles. The topological polar surface area (TPSA) is 36.4 Å². The lowest BCUT2D eigenvalue weighted by Crippen LogP contribution is -2.42. The first-order chi connectivity index (χ1) is 8.31. The zero-order valence-corrected chi connectivity index (χ0v) is 11.1. The van der Waals surface area contributed by atoms with Crippen molar-refractivity contribution in [2.75, 3.05) is 0 Å². The molecule has 0 aliphatic heterocycles. The highest BCUT2D eigenvalue weighted by Crippen LogP contribution is 2.44. The molecule has 3 nitrogen and oxygen atoms in total. The quantitative estimate of drug-likeness (QED) is 0.585. The van der Waals surface area contributed by atoms with Gasteiger partial charge in [-0.25, -0.2) is 0 Å². The van der Waals surface area contributed by atoms with E-state index in [1.165, 1.54) is 44.2 Å². The third-order valence-corrected chi connectivity index (χ3v) is 4.76. The molecule has 3 saturated carbocycles. The molecule has 3 rings (SSSR count). The van der Waals surface area contributed by atoms with Crippen LogP contribution in [0, 0.1) is 11.8 Å². The lowest BCUT2D eigenvalue weighted by molar-refractivity contribution is 0.389. The highest BCUT2D eigenvalue weighted by atomic mass is 32.1. The van der Waals surface area contributed by atoms with Crippen molar-refractivity contribution in [3.05, 3.63) is 0 Å². The molecule has 2 bridgehead atoms. The lowest BCUT2D eigenvalue weighted by Gasteiger charge is -2.23. The maximum atomic E-state index is 5.31. The second-order valence-corrected chi connectivity index (χ2v) is 6.16. The van der Waals surface area contributed by atoms with E-state index in [0.29, 0.717) is 6.04 Å². The summed E-state index contributed by atoms with van der Waals surface area (Å²) in [6.07, 6.45) is 10.4. The maximum absolute atomic E-state index is 5.31. The van der Waals surface area contributed by atoms with Gasteiger partial charge < -0.3 is 5.32 Å². The van der Waals surface area contributed by atoms with E-state index < -0.39 is 0 Å². The summed E-state index contributed by atoms with van der Waals surface area (Å²) in [4.78, 5) is 0. The minimum absolute atomic E-state index is 0.609. The molecule has 0 aromatic rings. The third kappa shape index (κ3) is 2.62. The third-order valence-electron chi connectivity index (χ3n) is 4.55. The predicted molar refractivity (Wildman–Crippen MR) is 74.0 cm³/mol. The van der Waals surface area contributed by atoms with Gasteiger partial charge in [-0.15, -0.1) is 0 Å². The van der Waals surface area contributed by atoms with E-state index in [2.05, 4.69) is 15.8 Å². The summed E-state index contributed by atoms with van der Waals surface area (Å²) in [5, 5.41) is 8.56. The number of thiocarbonyl (C=S) groups is 1. The summed E-state index contributed by atoms with van der Waals surface area (Å²) >= 11 is 5.31. The highest BCUT2D eigenvalue weighted by molar-refractivity contribution is 7.80. The summed E-state index contributed by atoms with van der Waals surface area (Å²) < 4.78 is 0. The molecule has 3 atom stereocenters. The molecule has 0 spiro atoms. The van der Waals surface area contributed by atoms with Gasteiger partial charge in [-0.1, -0.05) is 6.42 Å². The fourth-order valence-corrected chi connectivity index (χ4v) is 3.84. The fraction of sp³-hybridized carbons (Fsp3) is 0.846. The van der Waals surface area contributed by atoms with Crippen LogP contribution in [0.1, 0.15) is 51.4 Å². The van der Waals surface area contributed by atoms with Crippen molar-refractivity contribution in [3.63, 3.8) is 0 Å². The first-order valence-electron chi connectivity index (χ1n) is 6.93. The first-order valence-corrected chi connectivity index (χ1v) is 7.34. The monoisotopic (exact) mass is 251 g/mol. The smallest absolute Gasteiger partial charge is 0.187 e. The summed E-state index contributed by atoms with van der Waals surface area (Å²) in [7, 11) is 0. The van der Waals surface area contributed by atoms with E-state index in [9.17, 15) is 0 Å². The Morgan fingerprint density at radius 3 is 2.65 bits per heavy atom. The zero-order valence-electron chi connectivity index (χ0n) is 10.2. The first kappa shape index (κ1) is 11.5. The Balaban J connectivity index is 1.45. The molecule has 0 radical (unpaired) electrons. The normalized spacial score (nSPS) is 35.1. The second-order valence-electron chi connectivity index (χ2n) is 5.75. The van der Waals surface area contributed by atoms with Crippen LogP contribution in [0.5, 0.6) is 0 Å². The van der Waals surface area contributed by atoms with Gasteiger partial charge in [0, 0.05) is 11.8 Å². The number of hydrogen-bond acceptors (Lipinski definition) is 2. The summed E-state index contributed by atoms with van der Waals surface area (Å²) in [5.41, 5.74) is 4.30. The van der Waals surface area contributed by atoms with Crippen molar-refractivity contribution in [1.82, 2.24) is 10.7 Å². The Morgan fingerprint density at radius 2 is 2.00 bits per heavy atom. The predicted octanol–water partition coefficient (Wildman–Crippen LogP) is 2.57. The number of hydrazone groups is 1. The number of nitrogens with zero attached hydrogens (tertiary/aromatic N) is 1. The van der Waals surface area contributed by atoms with Crippen LogP contribution in [0.3, 0.4) is 0 Å². The SMILES string of the molecule is S=C(NN=C1CCCC1)N[C@@H]1C[C@H]2CC[C@@H]1C2. The van der Waals surface area contributed by atoms with Crippen LogP contribution in [0.15, 0.2) is 5.10 Å². The van der Waals surface area contributed by atoms with Gasteiger partial charge >= 0.3 is 0 Å². The minimum atomic E-state index is 0.609. The van der Waals surface area contributed by atoms with Crippen molar-refractivity contribution in [2.24, 2.45) is 16.9 Å². The number of hydrogen-bond donors (Lipinski definition) is 2. The maximum Gasteiger partial charge on any atom is 0.187 e. The summed E-state index contributed by atoms with van der Waals surface area (Å²) in [5.74, 6) is 1.82. The van der Waals surface area contributed by atoms with Crippen molar-refractivity contribution < 1.29 is 0 Å². The van der Waals surface area contributed by atoms with Crippen LogP contribution < -0.4 is 10.7 Å². The Bertz CT molecular complexity index is 332. The van der Waals surface area contributed by atoms with Crippen LogP contribution in [-0.4, -0.2) is 16.9 Å². The summed E-state index contributed by atoms with van der Waals surface area (Å²) in [6.45, 7) is 0. The number of nitrogens with one attached hydrogen (secondary N) is 2. The summed E-state index contributed by atoms with van der Waals surface area (Å²) in [6, 6.07) is 0.609. The Hall–Kier alpha value is -0.640. The molecule has 17 heavy (non-hydrogen) atoms. The molecular formula is C13H21N3S. The van der Waals surface area contributed by atoms with E-state index in [-0.39, 0.29) is 0 Å². The molecule has 0 aromatic carbocycles. The van der Waals surface area contributed by atoms with Crippen molar-refractivity contribution in [2.45, 2.75) is 57.4 Å². The molecular weight excluding hydrogens is 230 g/mol. The van der Waals surface area contributed by atoms with Gasteiger partial charge in [-0.3, -0.25) is 5.43 Å². The molecule has 0 unspecified atom stereocenters. The van der Waals surface area contributed by atoms with Gasteiger partial charge in [0.25, 0.3) is 0 Å².